The van der Waals surface area contributed by atoms with E-state index in [1.165, 1.54) is 4.31 Å². The Bertz CT molecular complexity index is 1380. The number of hydrogen-bond donors (Lipinski definition) is 4. The van der Waals surface area contributed by atoms with Crippen molar-refractivity contribution in [3.63, 3.8) is 0 Å². The van der Waals surface area contributed by atoms with Crippen LogP contribution in [0.2, 0.25) is 0 Å². The molecule has 1 unspecified atom stereocenters. The van der Waals surface area contributed by atoms with Crippen molar-refractivity contribution in [1.82, 2.24) is 5.32 Å². The molecule has 3 aromatic carbocycles. The molecule has 200 valence electrons. The first-order valence-corrected chi connectivity index (χ1v) is 13.5. The summed E-state index contributed by atoms with van der Waals surface area (Å²) in [4.78, 5) is 0. The van der Waals surface area contributed by atoms with Gasteiger partial charge in [-0.2, -0.15) is 0 Å². The topological polar surface area (TPSA) is 129 Å². The maximum absolute atomic E-state index is 13.3. The average molecular weight is 568 g/mol. The number of sulfonamides is 1. The van der Waals surface area contributed by atoms with Crippen LogP contribution in [0.3, 0.4) is 0 Å². The molecule has 5 rings (SSSR count). The van der Waals surface area contributed by atoms with Crippen molar-refractivity contribution >= 4 is 57.1 Å². The first-order chi connectivity index (χ1) is 16.9. The van der Waals surface area contributed by atoms with Crippen molar-refractivity contribution < 1.29 is 18.3 Å². The standard InChI is InChI=1S/C26H30N4O4S.2ClH/c27-26(28)19-4-2-17-1-3-18(13-20(17)14-19)25-16-21-15-23(34-22-7-9-29-10-8-22)5-6-24(21)30(25)35(32,33)12-11-31;;/h1-6,13-15,22,25,29,31H,7-12,16H2,(H3,27,28);2*1H. The van der Waals surface area contributed by atoms with Gasteiger partial charge in [0.2, 0.25) is 10.0 Å². The predicted molar refractivity (Wildman–Crippen MR) is 152 cm³/mol. The minimum Gasteiger partial charge on any atom is -0.490 e. The molecule has 0 aromatic heterocycles. The van der Waals surface area contributed by atoms with Crippen LogP contribution in [0.5, 0.6) is 5.75 Å². The summed E-state index contributed by atoms with van der Waals surface area (Å²) in [6.45, 7) is 1.41. The largest absolute Gasteiger partial charge is 0.490 e. The summed E-state index contributed by atoms with van der Waals surface area (Å²) >= 11 is 0. The van der Waals surface area contributed by atoms with Gasteiger partial charge in [-0.1, -0.05) is 24.3 Å². The van der Waals surface area contributed by atoms with E-state index >= 15 is 0 Å². The number of nitrogen functional groups attached to an aromatic ring is 1. The number of nitrogens with two attached hydrogens (primary N) is 1. The van der Waals surface area contributed by atoms with Crippen LogP contribution in [0, 0.1) is 5.41 Å². The number of nitrogens with one attached hydrogen (secondary N) is 2. The minimum absolute atomic E-state index is 0. The number of halogens is 2. The second-order valence-electron chi connectivity index (χ2n) is 9.15. The van der Waals surface area contributed by atoms with Gasteiger partial charge in [0.05, 0.1) is 24.1 Å². The molecule has 1 saturated heterocycles. The third-order valence-electron chi connectivity index (χ3n) is 6.78. The predicted octanol–water partition coefficient (Wildman–Crippen LogP) is 3.52. The number of fused-ring (bicyclic) bond motifs is 2. The van der Waals surface area contributed by atoms with Gasteiger partial charge in [-0.15, -0.1) is 24.8 Å². The van der Waals surface area contributed by atoms with Crippen LogP contribution in [0.25, 0.3) is 10.8 Å². The quantitative estimate of drug-likeness (QED) is 0.256. The summed E-state index contributed by atoms with van der Waals surface area (Å²) in [6.07, 6.45) is 2.53. The van der Waals surface area contributed by atoms with E-state index in [-0.39, 0.29) is 42.5 Å². The molecule has 2 aliphatic rings. The monoisotopic (exact) mass is 566 g/mol. The third kappa shape index (κ3) is 5.97. The zero-order valence-corrected chi connectivity index (χ0v) is 22.7. The molecular weight excluding hydrogens is 535 g/mol. The molecule has 0 aliphatic carbocycles. The number of anilines is 1. The molecule has 0 amide bonds. The third-order valence-corrected chi connectivity index (χ3v) is 8.53. The van der Waals surface area contributed by atoms with Crippen molar-refractivity contribution in [1.29, 1.82) is 5.41 Å². The Hall–Kier alpha value is -2.56. The smallest absolute Gasteiger partial charge is 0.237 e. The second kappa shape index (κ2) is 11.9. The SMILES string of the molecule is Cl.Cl.N=C(N)c1ccc2ccc(C3Cc4cc(OC5CCNCC5)ccc4N3S(=O)(=O)CCO)cc2c1. The van der Waals surface area contributed by atoms with E-state index in [4.69, 9.17) is 15.9 Å². The van der Waals surface area contributed by atoms with Crippen molar-refractivity contribution in [2.24, 2.45) is 5.73 Å². The van der Waals surface area contributed by atoms with Gasteiger partial charge in [-0.25, -0.2) is 8.42 Å². The lowest BCUT2D eigenvalue weighted by atomic mass is 9.98. The maximum atomic E-state index is 13.3. The van der Waals surface area contributed by atoms with Gasteiger partial charge in [0, 0.05) is 12.0 Å². The van der Waals surface area contributed by atoms with E-state index in [9.17, 15) is 13.5 Å². The van der Waals surface area contributed by atoms with Crippen molar-refractivity contribution in [2.75, 3.05) is 29.8 Å². The Balaban J connectivity index is 0.00000190. The van der Waals surface area contributed by atoms with Crippen LogP contribution in [0.1, 0.15) is 35.6 Å². The fraction of sp³-hybridized carbons (Fsp3) is 0.346. The Kier molecular flexibility index (Phi) is 9.31. The zero-order chi connectivity index (χ0) is 24.6. The Morgan fingerprint density at radius 1 is 1.05 bits per heavy atom. The first kappa shape index (κ1) is 29.0. The molecule has 5 N–H and O–H groups in total. The minimum atomic E-state index is -3.76. The van der Waals surface area contributed by atoms with Gasteiger partial charge < -0.3 is 20.9 Å². The number of amidine groups is 1. The molecule has 0 saturated carbocycles. The summed E-state index contributed by atoms with van der Waals surface area (Å²) in [5.41, 5.74) is 8.66. The molecule has 1 fully saturated rings. The van der Waals surface area contributed by atoms with Crippen molar-refractivity contribution in [3.05, 3.63) is 71.3 Å². The highest BCUT2D eigenvalue weighted by Gasteiger charge is 2.38. The van der Waals surface area contributed by atoms with Crippen molar-refractivity contribution in [3.8, 4) is 5.75 Å². The summed E-state index contributed by atoms with van der Waals surface area (Å²) in [5, 5.41) is 22.4. The molecule has 1 atom stereocenters. The molecule has 0 radical (unpaired) electrons. The lowest BCUT2D eigenvalue weighted by molar-refractivity contribution is 0.162. The van der Waals surface area contributed by atoms with E-state index in [0.29, 0.717) is 17.7 Å². The van der Waals surface area contributed by atoms with Gasteiger partial charge >= 0.3 is 0 Å². The van der Waals surface area contributed by atoms with Crippen LogP contribution in [-0.4, -0.2) is 50.9 Å². The number of piperidine rings is 1. The molecule has 0 bridgehead atoms. The second-order valence-corrected chi connectivity index (χ2v) is 11.1. The van der Waals surface area contributed by atoms with Crippen LogP contribution in [-0.2, 0) is 16.4 Å². The summed E-state index contributed by atoms with van der Waals surface area (Å²) < 4.78 is 34.2. The van der Waals surface area contributed by atoms with E-state index in [0.717, 1.165) is 53.6 Å². The molecule has 0 spiro atoms. The molecular formula is C26H32Cl2N4O4S. The fourth-order valence-corrected chi connectivity index (χ4v) is 6.52. The number of aliphatic hydroxyl groups excluding tert-OH is 1. The molecule has 11 heteroatoms. The van der Waals surface area contributed by atoms with Gasteiger partial charge in [-0.3, -0.25) is 9.71 Å². The van der Waals surface area contributed by atoms with E-state index < -0.39 is 22.7 Å². The van der Waals surface area contributed by atoms with E-state index in [1.807, 2.05) is 48.5 Å². The lowest BCUT2D eigenvalue weighted by Crippen LogP contribution is -2.35. The molecule has 2 aliphatic heterocycles. The molecule has 37 heavy (non-hydrogen) atoms. The van der Waals surface area contributed by atoms with Crippen LogP contribution in [0.15, 0.2) is 54.6 Å². The lowest BCUT2D eigenvalue weighted by Gasteiger charge is -2.27. The van der Waals surface area contributed by atoms with E-state index in [1.54, 1.807) is 6.07 Å². The molecule has 2 heterocycles. The Labute approximate surface area is 229 Å². The molecule has 3 aromatic rings. The number of benzene rings is 3. The van der Waals surface area contributed by atoms with Gasteiger partial charge in [0.25, 0.3) is 0 Å². The van der Waals surface area contributed by atoms with Crippen LogP contribution < -0.4 is 20.1 Å². The highest BCUT2D eigenvalue weighted by atomic mass is 35.5. The van der Waals surface area contributed by atoms with Crippen molar-refractivity contribution in [2.45, 2.75) is 31.4 Å². The van der Waals surface area contributed by atoms with Gasteiger partial charge in [-0.05, 0) is 78.2 Å². The van der Waals surface area contributed by atoms with Gasteiger partial charge in [0.15, 0.2) is 0 Å². The van der Waals surface area contributed by atoms with E-state index in [2.05, 4.69) is 5.32 Å². The number of hydrogen-bond acceptors (Lipinski definition) is 6. The Morgan fingerprint density at radius 3 is 2.49 bits per heavy atom. The average Bonchev–Trinajstić information content (AvgIpc) is 3.24. The fourth-order valence-electron chi connectivity index (χ4n) is 5.03. The maximum Gasteiger partial charge on any atom is 0.237 e. The zero-order valence-electron chi connectivity index (χ0n) is 20.2. The number of nitrogens with zero attached hydrogens (tertiary/aromatic N) is 1. The van der Waals surface area contributed by atoms with Crippen LogP contribution >= 0.6 is 24.8 Å². The Morgan fingerprint density at radius 2 is 1.78 bits per heavy atom. The first-order valence-electron chi connectivity index (χ1n) is 11.9. The highest BCUT2D eigenvalue weighted by molar-refractivity contribution is 7.92. The number of ether oxygens (including phenoxy) is 1. The summed E-state index contributed by atoms with van der Waals surface area (Å²) in [6, 6.07) is 16.6. The summed E-state index contributed by atoms with van der Waals surface area (Å²) in [5.74, 6) is 0.387. The normalized spacial score (nSPS) is 17.5. The summed E-state index contributed by atoms with van der Waals surface area (Å²) in [7, 11) is -3.76. The van der Waals surface area contributed by atoms with Gasteiger partial charge in [0.1, 0.15) is 17.7 Å². The van der Waals surface area contributed by atoms with Crippen LogP contribution in [0.4, 0.5) is 5.69 Å². The number of rotatable bonds is 7. The number of aliphatic hydroxyl groups is 1. The molecule has 8 nitrogen and oxygen atoms in total. The highest BCUT2D eigenvalue weighted by Crippen LogP contribution is 2.44.